The molecule has 0 radical (unpaired) electrons. The largest absolute Gasteiger partial charge is 0.383 e. The summed E-state index contributed by atoms with van der Waals surface area (Å²) in [5.41, 5.74) is 2.17. The molecule has 0 spiro atoms. The van der Waals surface area contributed by atoms with Crippen LogP contribution in [0.25, 0.3) is 0 Å². The summed E-state index contributed by atoms with van der Waals surface area (Å²) in [6.45, 7) is 4.88. The van der Waals surface area contributed by atoms with E-state index in [2.05, 4.69) is 39.2 Å². The number of halogens is 1. The van der Waals surface area contributed by atoms with E-state index in [1.165, 1.54) is 0 Å². The summed E-state index contributed by atoms with van der Waals surface area (Å²) in [6, 6.07) is 2.42. The van der Waals surface area contributed by atoms with Gasteiger partial charge in [-0.15, -0.1) is 0 Å². The summed E-state index contributed by atoms with van der Waals surface area (Å²) in [7, 11) is 1.72. The van der Waals surface area contributed by atoms with Crippen molar-refractivity contribution in [3.8, 4) is 0 Å². The van der Waals surface area contributed by atoms with Gasteiger partial charge >= 0.3 is 0 Å². The summed E-state index contributed by atoms with van der Waals surface area (Å²) in [4.78, 5) is 4.24. The molecule has 0 saturated heterocycles. The molecule has 0 aliphatic rings. The lowest BCUT2D eigenvalue weighted by Crippen LogP contribution is -2.23. The van der Waals surface area contributed by atoms with E-state index in [0.717, 1.165) is 22.3 Å². The summed E-state index contributed by atoms with van der Waals surface area (Å²) in [6.07, 6.45) is 2.86. The van der Waals surface area contributed by atoms with Crippen LogP contribution in [0.5, 0.6) is 0 Å². The Balaban J connectivity index is 2.66. The van der Waals surface area contributed by atoms with Crippen molar-refractivity contribution >= 4 is 21.6 Å². The van der Waals surface area contributed by atoms with Gasteiger partial charge in [0.15, 0.2) is 0 Å². The van der Waals surface area contributed by atoms with Crippen LogP contribution in [-0.4, -0.2) is 24.7 Å². The fourth-order valence-corrected chi connectivity index (χ4v) is 1.55. The predicted octanol–water partition coefficient (Wildman–Crippen LogP) is 2.99. The van der Waals surface area contributed by atoms with Crippen LogP contribution in [0.1, 0.15) is 18.9 Å². The van der Waals surface area contributed by atoms with Gasteiger partial charge in [-0.1, -0.05) is 6.92 Å². The molecule has 1 unspecified atom stereocenters. The highest BCUT2D eigenvalue weighted by molar-refractivity contribution is 9.10. The second-order valence-corrected chi connectivity index (χ2v) is 4.29. The van der Waals surface area contributed by atoms with Crippen LogP contribution >= 0.6 is 15.9 Å². The average Bonchev–Trinajstić information content (AvgIpc) is 2.23. The SMILES string of the molecule is CCC(COC)Nc1cnc(Br)c(C)c1. The molecule has 0 aliphatic heterocycles. The Morgan fingerprint density at radius 1 is 1.60 bits per heavy atom. The molecule has 0 amide bonds. The van der Waals surface area contributed by atoms with Gasteiger partial charge < -0.3 is 10.1 Å². The number of pyridine rings is 1. The van der Waals surface area contributed by atoms with E-state index in [1.807, 2.05) is 13.1 Å². The molecule has 15 heavy (non-hydrogen) atoms. The maximum Gasteiger partial charge on any atom is 0.109 e. The molecule has 0 aromatic carbocycles. The number of anilines is 1. The zero-order chi connectivity index (χ0) is 11.3. The Morgan fingerprint density at radius 2 is 2.33 bits per heavy atom. The molecule has 0 fully saturated rings. The first kappa shape index (κ1) is 12.5. The van der Waals surface area contributed by atoms with E-state index in [9.17, 15) is 0 Å². The van der Waals surface area contributed by atoms with Crippen LogP contribution < -0.4 is 5.32 Å². The highest BCUT2D eigenvalue weighted by atomic mass is 79.9. The minimum Gasteiger partial charge on any atom is -0.383 e. The molecule has 1 atom stereocenters. The number of aryl methyl sites for hydroxylation is 1. The van der Waals surface area contributed by atoms with Crippen molar-refractivity contribution in [3.05, 3.63) is 22.4 Å². The molecule has 1 N–H and O–H groups in total. The van der Waals surface area contributed by atoms with Crippen LogP contribution in [0.3, 0.4) is 0 Å². The Labute approximate surface area is 99.4 Å². The fraction of sp³-hybridized carbons (Fsp3) is 0.545. The highest BCUT2D eigenvalue weighted by Gasteiger charge is 2.06. The van der Waals surface area contributed by atoms with Gasteiger partial charge in [-0.3, -0.25) is 0 Å². The van der Waals surface area contributed by atoms with Crippen molar-refractivity contribution in [1.82, 2.24) is 4.98 Å². The van der Waals surface area contributed by atoms with Gasteiger partial charge in [0.05, 0.1) is 18.5 Å². The van der Waals surface area contributed by atoms with Crippen LogP contribution in [0.4, 0.5) is 5.69 Å². The van der Waals surface area contributed by atoms with Gasteiger partial charge in [0, 0.05) is 13.2 Å². The van der Waals surface area contributed by atoms with Gasteiger partial charge in [0.2, 0.25) is 0 Å². The van der Waals surface area contributed by atoms with Crippen molar-refractivity contribution in [2.75, 3.05) is 19.0 Å². The molecule has 1 heterocycles. The zero-order valence-corrected chi connectivity index (χ0v) is 11.0. The fourth-order valence-electron chi connectivity index (χ4n) is 1.34. The van der Waals surface area contributed by atoms with E-state index in [-0.39, 0.29) is 0 Å². The van der Waals surface area contributed by atoms with Crippen molar-refractivity contribution in [3.63, 3.8) is 0 Å². The second-order valence-electron chi connectivity index (χ2n) is 3.54. The van der Waals surface area contributed by atoms with E-state index in [0.29, 0.717) is 12.6 Å². The Kier molecular flexibility index (Phi) is 5.05. The van der Waals surface area contributed by atoms with Crippen LogP contribution in [0, 0.1) is 6.92 Å². The van der Waals surface area contributed by atoms with Crippen molar-refractivity contribution in [2.24, 2.45) is 0 Å². The smallest absolute Gasteiger partial charge is 0.109 e. The van der Waals surface area contributed by atoms with E-state index >= 15 is 0 Å². The third-order valence-corrected chi connectivity index (χ3v) is 3.08. The van der Waals surface area contributed by atoms with Crippen LogP contribution in [0.15, 0.2) is 16.9 Å². The Bertz CT molecular complexity index is 317. The number of hydrogen-bond donors (Lipinski definition) is 1. The monoisotopic (exact) mass is 272 g/mol. The first-order chi connectivity index (χ1) is 7.17. The molecule has 0 bridgehead atoms. The molecule has 3 nitrogen and oxygen atoms in total. The van der Waals surface area contributed by atoms with Gasteiger partial charge in [-0.25, -0.2) is 4.98 Å². The van der Waals surface area contributed by atoms with Gasteiger partial charge in [0.1, 0.15) is 4.60 Å². The quantitative estimate of drug-likeness (QED) is 0.837. The van der Waals surface area contributed by atoms with E-state index in [1.54, 1.807) is 7.11 Å². The van der Waals surface area contributed by atoms with Gasteiger partial charge in [-0.2, -0.15) is 0 Å². The second kappa shape index (κ2) is 6.08. The van der Waals surface area contributed by atoms with Gasteiger partial charge in [-0.05, 0) is 40.9 Å². The molecule has 1 rings (SSSR count). The van der Waals surface area contributed by atoms with Gasteiger partial charge in [0.25, 0.3) is 0 Å². The first-order valence-electron chi connectivity index (χ1n) is 5.05. The minimum absolute atomic E-state index is 0.345. The molecular weight excluding hydrogens is 256 g/mol. The lowest BCUT2D eigenvalue weighted by molar-refractivity contribution is 0.184. The number of hydrogen-bond acceptors (Lipinski definition) is 3. The maximum atomic E-state index is 5.13. The summed E-state index contributed by atoms with van der Waals surface area (Å²) < 4.78 is 6.03. The Morgan fingerprint density at radius 3 is 2.87 bits per heavy atom. The molecular formula is C11H17BrN2O. The third-order valence-electron chi connectivity index (χ3n) is 2.25. The van der Waals surface area contributed by atoms with E-state index < -0.39 is 0 Å². The molecule has 1 aromatic heterocycles. The third kappa shape index (κ3) is 3.80. The summed E-state index contributed by atoms with van der Waals surface area (Å²) in [5.74, 6) is 0. The lowest BCUT2D eigenvalue weighted by Gasteiger charge is -2.17. The number of nitrogens with one attached hydrogen (secondary N) is 1. The maximum absolute atomic E-state index is 5.13. The van der Waals surface area contributed by atoms with E-state index in [4.69, 9.17) is 4.74 Å². The van der Waals surface area contributed by atoms with Crippen LogP contribution in [-0.2, 0) is 4.74 Å². The van der Waals surface area contributed by atoms with Crippen molar-refractivity contribution in [2.45, 2.75) is 26.3 Å². The number of nitrogens with zero attached hydrogens (tertiary/aromatic N) is 1. The summed E-state index contributed by atoms with van der Waals surface area (Å²) >= 11 is 3.38. The highest BCUT2D eigenvalue weighted by Crippen LogP contribution is 2.17. The molecule has 1 aromatic rings. The first-order valence-corrected chi connectivity index (χ1v) is 5.84. The summed E-state index contributed by atoms with van der Waals surface area (Å²) in [5, 5.41) is 3.39. The normalized spacial score (nSPS) is 12.5. The lowest BCUT2D eigenvalue weighted by atomic mass is 10.2. The van der Waals surface area contributed by atoms with Crippen LogP contribution in [0.2, 0.25) is 0 Å². The number of ether oxygens (including phenoxy) is 1. The number of aromatic nitrogens is 1. The molecule has 4 heteroatoms. The minimum atomic E-state index is 0.345. The average molecular weight is 273 g/mol. The topological polar surface area (TPSA) is 34.1 Å². The zero-order valence-electron chi connectivity index (χ0n) is 9.38. The standard InChI is InChI=1S/C11H17BrN2O/c1-4-9(7-15-3)14-10-5-8(2)11(12)13-6-10/h5-6,9,14H,4,7H2,1-3H3. The number of rotatable bonds is 5. The molecule has 0 aliphatic carbocycles. The molecule has 84 valence electrons. The molecule has 0 saturated carbocycles. The van der Waals surface area contributed by atoms with Crippen molar-refractivity contribution < 1.29 is 4.74 Å². The number of methoxy groups -OCH3 is 1. The predicted molar refractivity (Wildman–Crippen MR) is 66.3 cm³/mol. The van der Waals surface area contributed by atoms with Crippen molar-refractivity contribution in [1.29, 1.82) is 0 Å². The Hall–Kier alpha value is -0.610.